The summed E-state index contributed by atoms with van der Waals surface area (Å²) >= 11 is 0. The van der Waals surface area contributed by atoms with Crippen molar-refractivity contribution in [2.45, 2.75) is 6.42 Å². The molecule has 0 atom stereocenters. The van der Waals surface area contributed by atoms with Gasteiger partial charge in [-0.3, -0.25) is 4.79 Å². The number of rotatable bonds is 5. The molecule has 3 rings (SSSR count). The molecule has 2 aromatic carbocycles. The van der Waals surface area contributed by atoms with Gasteiger partial charge in [0.25, 0.3) is 0 Å². The van der Waals surface area contributed by atoms with E-state index < -0.39 is 0 Å². The van der Waals surface area contributed by atoms with Gasteiger partial charge >= 0.3 is 0 Å². The summed E-state index contributed by atoms with van der Waals surface area (Å²) in [5.41, 5.74) is 9.50. The van der Waals surface area contributed by atoms with Crippen molar-refractivity contribution in [3.05, 3.63) is 77.9 Å². The van der Waals surface area contributed by atoms with E-state index in [4.69, 9.17) is 11.1 Å². The van der Waals surface area contributed by atoms with Crippen molar-refractivity contribution < 1.29 is 4.79 Å². The number of nitrogens with two attached hydrogens (primary N) is 1. The zero-order valence-corrected chi connectivity index (χ0v) is 13.6. The lowest BCUT2D eigenvalue weighted by atomic mass is 10.1. The normalized spacial score (nSPS) is 10.2. The summed E-state index contributed by atoms with van der Waals surface area (Å²) in [4.78, 5) is 16.7. The Morgan fingerprint density at radius 3 is 2.64 bits per heavy atom. The lowest BCUT2D eigenvalue weighted by Crippen LogP contribution is -2.15. The zero-order chi connectivity index (χ0) is 17.6. The molecular weight excluding hydrogens is 312 g/mol. The van der Waals surface area contributed by atoms with Gasteiger partial charge in [-0.1, -0.05) is 42.5 Å². The number of carbonyl (C=O) groups is 1. The van der Waals surface area contributed by atoms with Gasteiger partial charge in [0.1, 0.15) is 5.82 Å². The SMILES string of the molecule is N=Cc1cc(-c2cccc(NC(=O)Cc3ccccc3)n2)ccc1N. The third kappa shape index (κ3) is 4.09. The van der Waals surface area contributed by atoms with Crippen LogP contribution in [0.2, 0.25) is 0 Å². The molecule has 124 valence electrons. The third-order valence-corrected chi connectivity index (χ3v) is 3.76. The van der Waals surface area contributed by atoms with Crippen LogP contribution < -0.4 is 11.1 Å². The van der Waals surface area contributed by atoms with Gasteiger partial charge in [-0.25, -0.2) is 4.98 Å². The maximum absolute atomic E-state index is 12.2. The number of hydrogen-bond acceptors (Lipinski definition) is 4. The van der Waals surface area contributed by atoms with Crippen molar-refractivity contribution in [3.63, 3.8) is 0 Å². The summed E-state index contributed by atoms with van der Waals surface area (Å²) in [6.45, 7) is 0. The van der Waals surface area contributed by atoms with E-state index in [0.717, 1.165) is 11.1 Å². The van der Waals surface area contributed by atoms with Crippen LogP contribution >= 0.6 is 0 Å². The molecule has 0 radical (unpaired) electrons. The molecule has 1 heterocycles. The van der Waals surface area contributed by atoms with Crippen molar-refractivity contribution in [1.29, 1.82) is 5.41 Å². The summed E-state index contributed by atoms with van der Waals surface area (Å²) in [7, 11) is 0. The fourth-order valence-electron chi connectivity index (χ4n) is 2.49. The van der Waals surface area contributed by atoms with Crippen LogP contribution in [-0.4, -0.2) is 17.1 Å². The zero-order valence-electron chi connectivity index (χ0n) is 13.6. The van der Waals surface area contributed by atoms with Crippen LogP contribution in [0.1, 0.15) is 11.1 Å². The second-order valence-corrected chi connectivity index (χ2v) is 5.61. The molecule has 3 aromatic rings. The number of nitrogen functional groups attached to an aromatic ring is 1. The number of nitrogens with zero attached hydrogens (tertiary/aromatic N) is 1. The number of carbonyl (C=O) groups excluding carboxylic acids is 1. The summed E-state index contributed by atoms with van der Waals surface area (Å²) in [5, 5.41) is 10.2. The molecule has 4 N–H and O–H groups in total. The van der Waals surface area contributed by atoms with E-state index >= 15 is 0 Å². The first-order valence-electron chi connectivity index (χ1n) is 7.87. The molecule has 0 fully saturated rings. The van der Waals surface area contributed by atoms with Gasteiger partial charge in [-0.05, 0) is 29.8 Å². The molecule has 0 aliphatic rings. The number of benzene rings is 2. The van der Waals surface area contributed by atoms with E-state index in [2.05, 4.69) is 10.3 Å². The molecule has 5 heteroatoms. The summed E-state index contributed by atoms with van der Waals surface area (Å²) in [5.74, 6) is 0.375. The average Bonchev–Trinajstić information content (AvgIpc) is 2.63. The summed E-state index contributed by atoms with van der Waals surface area (Å²) in [6.07, 6.45) is 1.51. The third-order valence-electron chi connectivity index (χ3n) is 3.76. The lowest BCUT2D eigenvalue weighted by Gasteiger charge is -2.08. The molecule has 0 aliphatic carbocycles. The number of pyridine rings is 1. The number of aromatic nitrogens is 1. The molecular formula is C20H18N4O. The van der Waals surface area contributed by atoms with Crippen molar-refractivity contribution in [1.82, 2.24) is 4.98 Å². The van der Waals surface area contributed by atoms with Crippen LogP contribution in [0.25, 0.3) is 11.3 Å². The highest BCUT2D eigenvalue weighted by molar-refractivity contribution is 5.92. The number of nitrogens with one attached hydrogen (secondary N) is 2. The Morgan fingerprint density at radius 1 is 1.08 bits per heavy atom. The molecule has 0 aliphatic heterocycles. The predicted octanol–water partition coefficient (Wildman–Crippen LogP) is 3.51. The Morgan fingerprint density at radius 2 is 1.88 bits per heavy atom. The first-order chi connectivity index (χ1) is 12.2. The second kappa shape index (κ2) is 7.40. The molecule has 0 saturated carbocycles. The van der Waals surface area contributed by atoms with Crippen molar-refractivity contribution in [2.75, 3.05) is 11.1 Å². The van der Waals surface area contributed by atoms with Crippen LogP contribution in [0, 0.1) is 5.41 Å². The van der Waals surface area contributed by atoms with E-state index in [1.807, 2.05) is 48.5 Å². The molecule has 1 amide bonds. The number of anilines is 2. The minimum Gasteiger partial charge on any atom is -0.398 e. The Kier molecular flexibility index (Phi) is 4.85. The van der Waals surface area contributed by atoms with Crippen LogP contribution in [-0.2, 0) is 11.2 Å². The quantitative estimate of drug-likeness (QED) is 0.494. The molecule has 0 unspecified atom stereocenters. The largest absolute Gasteiger partial charge is 0.398 e. The topological polar surface area (TPSA) is 91.9 Å². The van der Waals surface area contributed by atoms with Crippen molar-refractivity contribution >= 4 is 23.6 Å². The first kappa shape index (κ1) is 16.4. The minimum absolute atomic E-state index is 0.117. The van der Waals surface area contributed by atoms with E-state index in [9.17, 15) is 4.79 Å². The number of amides is 1. The van der Waals surface area contributed by atoms with Gasteiger partial charge in [0.2, 0.25) is 5.91 Å². The predicted molar refractivity (Wildman–Crippen MR) is 101 cm³/mol. The van der Waals surface area contributed by atoms with E-state index in [1.165, 1.54) is 6.21 Å². The van der Waals surface area contributed by atoms with Crippen molar-refractivity contribution in [2.24, 2.45) is 0 Å². The van der Waals surface area contributed by atoms with Crippen LogP contribution in [0.15, 0.2) is 66.7 Å². The summed E-state index contributed by atoms with van der Waals surface area (Å²) < 4.78 is 0. The molecule has 25 heavy (non-hydrogen) atoms. The highest BCUT2D eigenvalue weighted by Crippen LogP contribution is 2.22. The number of hydrogen-bond donors (Lipinski definition) is 3. The maximum atomic E-state index is 12.2. The van der Waals surface area contributed by atoms with E-state index in [-0.39, 0.29) is 5.91 Å². The van der Waals surface area contributed by atoms with Gasteiger partial charge in [-0.2, -0.15) is 0 Å². The molecule has 1 aromatic heterocycles. The highest BCUT2D eigenvalue weighted by atomic mass is 16.1. The van der Waals surface area contributed by atoms with Crippen LogP contribution in [0.3, 0.4) is 0 Å². The average molecular weight is 330 g/mol. The van der Waals surface area contributed by atoms with E-state index in [0.29, 0.717) is 29.2 Å². The Hall–Kier alpha value is -3.47. The fraction of sp³-hybridized carbons (Fsp3) is 0.0500. The second-order valence-electron chi connectivity index (χ2n) is 5.61. The first-order valence-corrected chi connectivity index (χ1v) is 7.87. The maximum Gasteiger partial charge on any atom is 0.229 e. The van der Waals surface area contributed by atoms with Crippen LogP contribution in [0.5, 0.6) is 0 Å². The molecule has 0 bridgehead atoms. The monoisotopic (exact) mass is 330 g/mol. The van der Waals surface area contributed by atoms with Gasteiger partial charge < -0.3 is 16.5 Å². The van der Waals surface area contributed by atoms with Crippen molar-refractivity contribution in [3.8, 4) is 11.3 Å². The molecule has 0 spiro atoms. The highest BCUT2D eigenvalue weighted by Gasteiger charge is 2.07. The molecule has 5 nitrogen and oxygen atoms in total. The fourth-order valence-corrected chi connectivity index (χ4v) is 2.49. The Balaban J connectivity index is 1.77. The van der Waals surface area contributed by atoms with Crippen LogP contribution in [0.4, 0.5) is 11.5 Å². The van der Waals surface area contributed by atoms with Gasteiger partial charge in [-0.15, -0.1) is 0 Å². The Labute approximate surface area is 146 Å². The van der Waals surface area contributed by atoms with Gasteiger partial charge in [0.05, 0.1) is 12.1 Å². The summed E-state index contributed by atoms with van der Waals surface area (Å²) in [6, 6.07) is 20.4. The minimum atomic E-state index is -0.117. The lowest BCUT2D eigenvalue weighted by molar-refractivity contribution is -0.115. The van der Waals surface area contributed by atoms with E-state index in [1.54, 1.807) is 18.2 Å². The Bertz CT molecular complexity index is 907. The standard InChI is InChI=1S/C20H18N4O/c21-13-16-12-15(9-10-17(16)22)18-7-4-8-19(23-18)24-20(25)11-14-5-2-1-3-6-14/h1-10,12-13,21H,11,22H2,(H,23,24,25). The smallest absolute Gasteiger partial charge is 0.229 e. The molecule has 0 saturated heterocycles. The van der Waals surface area contributed by atoms with Gasteiger partial charge in [0.15, 0.2) is 0 Å². The van der Waals surface area contributed by atoms with Gasteiger partial charge in [0, 0.05) is 23.0 Å².